The Morgan fingerprint density at radius 1 is 1.47 bits per heavy atom. The molecule has 1 aliphatic heterocycles. The van der Waals surface area contributed by atoms with Crippen molar-refractivity contribution in [3.05, 3.63) is 11.9 Å². The predicted octanol–water partition coefficient (Wildman–Crippen LogP) is 0.0671. The molecular weight excluding hydrogens is 244 g/mol. The smallest absolute Gasteiger partial charge is 0.145 e. The van der Waals surface area contributed by atoms with Crippen LogP contribution in [0.25, 0.3) is 0 Å². The molecule has 1 saturated heterocycles. The van der Waals surface area contributed by atoms with E-state index < -0.39 is 0 Å². The molecule has 0 bridgehead atoms. The van der Waals surface area contributed by atoms with E-state index in [0.29, 0.717) is 5.82 Å². The molecule has 2 rings (SSSR count). The summed E-state index contributed by atoms with van der Waals surface area (Å²) in [5.41, 5.74) is 2.56. The zero-order valence-electron chi connectivity index (χ0n) is 11.5. The topological polar surface area (TPSA) is 88.3 Å². The second-order valence-corrected chi connectivity index (χ2v) is 4.69. The van der Waals surface area contributed by atoms with Crippen molar-refractivity contribution in [1.29, 1.82) is 0 Å². The average Bonchev–Trinajstić information content (AvgIpc) is 2.44. The van der Waals surface area contributed by atoms with E-state index in [-0.39, 0.29) is 6.10 Å². The first kappa shape index (κ1) is 14.0. The molecule has 106 valence electrons. The highest BCUT2D eigenvalue weighted by molar-refractivity contribution is 5.46. The van der Waals surface area contributed by atoms with Gasteiger partial charge in [-0.3, -0.25) is 0 Å². The third-order valence-electron chi connectivity index (χ3n) is 3.09. The van der Waals surface area contributed by atoms with Crippen LogP contribution in [0.15, 0.2) is 6.07 Å². The fraction of sp³-hybridized carbons (Fsp3) is 0.667. The Labute approximate surface area is 113 Å². The van der Waals surface area contributed by atoms with Gasteiger partial charge in [0, 0.05) is 32.1 Å². The quantitative estimate of drug-likeness (QED) is 0.513. The Bertz CT molecular complexity index is 391. The number of likely N-dealkylation sites (N-methyl/N-ethyl adjacent to an activating group) is 1. The molecular formula is C12H22N6O. The summed E-state index contributed by atoms with van der Waals surface area (Å²) < 4.78 is 5.70. The molecule has 0 aromatic carbocycles. The number of aromatic nitrogens is 2. The van der Waals surface area contributed by atoms with E-state index in [0.717, 1.165) is 44.3 Å². The minimum atomic E-state index is 0.188. The van der Waals surface area contributed by atoms with Crippen LogP contribution in [0.1, 0.15) is 12.7 Å². The summed E-state index contributed by atoms with van der Waals surface area (Å²) in [5, 5.41) is 3.29. The molecule has 7 heteroatoms. The lowest BCUT2D eigenvalue weighted by Crippen LogP contribution is -2.43. The van der Waals surface area contributed by atoms with Crippen molar-refractivity contribution in [2.24, 2.45) is 5.84 Å². The third-order valence-corrected chi connectivity index (χ3v) is 3.09. The van der Waals surface area contributed by atoms with Gasteiger partial charge in [-0.15, -0.1) is 0 Å². The van der Waals surface area contributed by atoms with Gasteiger partial charge in [-0.05, 0) is 7.05 Å². The highest BCUT2D eigenvalue weighted by Gasteiger charge is 2.17. The van der Waals surface area contributed by atoms with Gasteiger partial charge in [-0.2, -0.15) is 0 Å². The molecule has 7 nitrogen and oxygen atoms in total. The number of hydrogen-bond donors (Lipinski definition) is 3. The highest BCUT2D eigenvalue weighted by Crippen LogP contribution is 2.12. The monoisotopic (exact) mass is 266 g/mol. The van der Waals surface area contributed by atoms with Crippen molar-refractivity contribution in [3.8, 4) is 0 Å². The van der Waals surface area contributed by atoms with Crippen molar-refractivity contribution in [1.82, 2.24) is 14.9 Å². The van der Waals surface area contributed by atoms with Crippen molar-refractivity contribution >= 4 is 11.6 Å². The maximum atomic E-state index is 5.70. The third kappa shape index (κ3) is 4.02. The van der Waals surface area contributed by atoms with Crippen LogP contribution >= 0.6 is 0 Å². The normalized spacial score (nSPS) is 20.3. The lowest BCUT2D eigenvalue weighted by Gasteiger charge is -2.30. The Balaban J connectivity index is 1.94. The fourth-order valence-electron chi connectivity index (χ4n) is 2.03. The molecule has 4 N–H and O–H groups in total. The maximum absolute atomic E-state index is 5.70. The Morgan fingerprint density at radius 3 is 2.95 bits per heavy atom. The van der Waals surface area contributed by atoms with E-state index in [2.05, 4.69) is 32.7 Å². The molecule has 1 unspecified atom stereocenters. The fourth-order valence-corrected chi connectivity index (χ4v) is 2.03. The maximum Gasteiger partial charge on any atom is 0.145 e. The van der Waals surface area contributed by atoms with Crippen molar-refractivity contribution in [2.75, 3.05) is 44.0 Å². The first-order valence-corrected chi connectivity index (χ1v) is 6.60. The molecule has 1 aromatic heterocycles. The summed E-state index contributed by atoms with van der Waals surface area (Å²) in [6, 6.07) is 1.80. The number of nitrogens with zero attached hydrogens (tertiary/aromatic N) is 3. The van der Waals surface area contributed by atoms with E-state index >= 15 is 0 Å². The van der Waals surface area contributed by atoms with Crippen molar-refractivity contribution in [3.63, 3.8) is 0 Å². The minimum absolute atomic E-state index is 0.188. The summed E-state index contributed by atoms with van der Waals surface area (Å²) in [5.74, 6) is 7.56. The van der Waals surface area contributed by atoms with Crippen LogP contribution < -0.4 is 16.6 Å². The van der Waals surface area contributed by atoms with Gasteiger partial charge in [0.25, 0.3) is 0 Å². The van der Waals surface area contributed by atoms with Gasteiger partial charge in [0.1, 0.15) is 17.5 Å². The van der Waals surface area contributed by atoms with Crippen LogP contribution in [0.3, 0.4) is 0 Å². The number of aryl methyl sites for hydroxylation is 1. The van der Waals surface area contributed by atoms with Crippen LogP contribution in [0.4, 0.5) is 11.6 Å². The summed E-state index contributed by atoms with van der Waals surface area (Å²) in [7, 11) is 2.10. The van der Waals surface area contributed by atoms with Gasteiger partial charge in [0.15, 0.2) is 0 Å². The van der Waals surface area contributed by atoms with Crippen LogP contribution in [0.2, 0.25) is 0 Å². The lowest BCUT2D eigenvalue weighted by atomic mass is 10.3. The molecule has 19 heavy (non-hydrogen) atoms. The Kier molecular flexibility index (Phi) is 4.89. The number of ether oxygens (including phenoxy) is 1. The standard InChI is InChI=1S/C12H22N6O/c1-3-10-15-11(6-12(16-10)17-13)14-7-9-8-18(2)4-5-19-9/h6,9H,3-5,7-8,13H2,1-2H3,(H2,14,15,16,17). The van der Waals surface area contributed by atoms with Crippen molar-refractivity contribution in [2.45, 2.75) is 19.4 Å². The minimum Gasteiger partial charge on any atom is -0.374 e. The molecule has 0 saturated carbocycles. The number of hydrogen-bond acceptors (Lipinski definition) is 7. The lowest BCUT2D eigenvalue weighted by molar-refractivity contribution is -0.0117. The number of nitrogen functional groups attached to an aromatic ring is 1. The molecule has 0 aliphatic carbocycles. The summed E-state index contributed by atoms with van der Waals surface area (Å²) in [4.78, 5) is 10.9. The Hall–Kier alpha value is -1.44. The van der Waals surface area contributed by atoms with Crippen LogP contribution in [-0.4, -0.2) is 54.3 Å². The van der Waals surface area contributed by atoms with Crippen LogP contribution in [-0.2, 0) is 11.2 Å². The summed E-state index contributed by atoms with van der Waals surface area (Å²) in [6.07, 6.45) is 0.959. The molecule has 0 spiro atoms. The number of hydrazine groups is 1. The van der Waals surface area contributed by atoms with Gasteiger partial charge in [-0.25, -0.2) is 15.8 Å². The predicted molar refractivity (Wildman–Crippen MR) is 74.9 cm³/mol. The molecule has 2 heterocycles. The molecule has 0 radical (unpaired) electrons. The zero-order valence-corrected chi connectivity index (χ0v) is 11.5. The number of morpholine rings is 1. The summed E-state index contributed by atoms with van der Waals surface area (Å²) >= 11 is 0. The van der Waals surface area contributed by atoms with E-state index in [1.807, 2.05) is 6.92 Å². The van der Waals surface area contributed by atoms with Gasteiger partial charge in [0.05, 0.1) is 12.7 Å². The van der Waals surface area contributed by atoms with Gasteiger partial charge in [-0.1, -0.05) is 6.92 Å². The SMILES string of the molecule is CCc1nc(NN)cc(NCC2CN(C)CCO2)n1. The van der Waals surface area contributed by atoms with E-state index in [1.54, 1.807) is 6.07 Å². The zero-order chi connectivity index (χ0) is 13.7. The van der Waals surface area contributed by atoms with E-state index in [4.69, 9.17) is 10.6 Å². The second-order valence-electron chi connectivity index (χ2n) is 4.69. The largest absolute Gasteiger partial charge is 0.374 e. The molecule has 1 aromatic rings. The first-order valence-electron chi connectivity index (χ1n) is 6.60. The molecule has 0 amide bonds. The number of nitrogens with two attached hydrogens (primary N) is 1. The molecule has 1 atom stereocenters. The van der Waals surface area contributed by atoms with Gasteiger partial charge in [0.2, 0.25) is 0 Å². The molecule has 1 fully saturated rings. The number of nitrogens with one attached hydrogen (secondary N) is 2. The van der Waals surface area contributed by atoms with Crippen LogP contribution in [0, 0.1) is 0 Å². The van der Waals surface area contributed by atoms with E-state index in [9.17, 15) is 0 Å². The average molecular weight is 266 g/mol. The second kappa shape index (κ2) is 6.65. The number of rotatable bonds is 5. The Morgan fingerprint density at radius 2 is 2.26 bits per heavy atom. The van der Waals surface area contributed by atoms with Gasteiger partial charge >= 0.3 is 0 Å². The van der Waals surface area contributed by atoms with E-state index in [1.165, 1.54) is 0 Å². The molecule has 1 aliphatic rings. The highest BCUT2D eigenvalue weighted by atomic mass is 16.5. The number of anilines is 2. The van der Waals surface area contributed by atoms with Crippen molar-refractivity contribution < 1.29 is 4.74 Å². The summed E-state index contributed by atoms with van der Waals surface area (Å²) in [6.45, 7) is 5.45. The first-order chi connectivity index (χ1) is 9.21. The van der Waals surface area contributed by atoms with Crippen LogP contribution in [0.5, 0.6) is 0 Å². The van der Waals surface area contributed by atoms with Gasteiger partial charge < -0.3 is 20.4 Å².